The second kappa shape index (κ2) is 11.1. The summed E-state index contributed by atoms with van der Waals surface area (Å²) in [6, 6.07) is 6.75. The van der Waals surface area contributed by atoms with Crippen molar-refractivity contribution < 1.29 is 13.2 Å². The Morgan fingerprint density at radius 3 is 2.72 bits per heavy atom. The van der Waals surface area contributed by atoms with Crippen molar-refractivity contribution in [2.45, 2.75) is 63.9 Å². The molecule has 0 saturated carbocycles. The lowest BCUT2D eigenvalue weighted by Gasteiger charge is -2.26. The lowest BCUT2D eigenvalue weighted by Crippen LogP contribution is -2.35. The molecule has 1 aromatic carbocycles. The van der Waals surface area contributed by atoms with Gasteiger partial charge in [0.1, 0.15) is 5.15 Å². The summed E-state index contributed by atoms with van der Waals surface area (Å²) in [6.07, 6.45) is 7.97. The number of nitrogens with zero attached hydrogens (tertiary/aromatic N) is 3. The number of carbonyl (C=O) groups is 1. The van der Waals surface area contributed by atoms with Crippen LogP contribution in [0.3, 0.4) is 0 Å². The molecule has 2 heterocycles. The maximum absolute atomic E-state index is 12.9. The summed E-state index contributed by atoms with van der Waals surface area (Å²) in [7, 11) is -3.50. The van der Waals surface area contributed by atoms with Gasteiger partial charge in [0.15, 0.2) is 0 Å². The van der Waals surface area contributed by atoms with E-state index in [-0.39, 0.29) is 17.3 Å². The summed E-state index contributed by atoms with van der Waals surface area (Å²) in [5, 5.41) is 7.76. The molecule has 0 bridgehead atoms. The first-order chi connectivity index (χ1) is 15.3. The SMILES string of the molecule is CCCCn1nc(C)c(C=CC(=O)NCc2cccc(S(=O)(=O)N3CCCCC3)c2)c1Cl. The van der Waals surface area contributed by atoms with Crippen LogP contribution in [0.4, 0.5) is 0 Å². The zero-order valence-electron chi connectivity index (χ0n) is 18.7. The van der Waals surface area contributed by atoms with Gasteiger partial charge in [0.2, 0.25) is 15.9 Å². The number of aromatic nitrogens is 2. The molecule has 1 aromatic heterocycles. The van der Waals surface area contributed by atoms with Crippen molar-refractivity contribution in [1.82, 2.24) is 19.4 Å². The number of aryl methyl sites for hydroxylation is 2. The Morgan fingerprint density at radius 2 is 2.00 bits per heavy atom. The van der Waals surface area contributed by atoms with Crippen LogP contribution in [0.2, 0.25) is 5.15 Å². The lowest BCUT2D eigenvalue weighted by atomic mass is 10.2. The summed E-state index contributed by atoms with van der Waals surface area (Å²) in [5.74, 6) is -0.286. The summed E-state index contributed by atoms with van der Waals surface area (Å²) in [6.45, 7) is 6.06. The fraction of sp³-hybridized carbons (Fsp3) is 0.478. The average molecular weight is 479 g/mol. The van der Waals surface area contributed by atoms with E-state index < -0.39 is 10.0 Å². The minimum absolute atomic E-state index is 0.231. The van der Waals surface area contributed by atoms with Crippen molar-refractivity contribution in [3.63, 3.8) is 0 Å². The first-order valence-corrected chi connectivity index (χ1v) is 12.9. The van der Waals surface area contributed by atoms with Crippen LogP contribution in [-0.2, 0) is 27.9 Å². The van der Waals surface area contributed by atoms with Gasteiger partial charge in [-0.1, -0.05) is 43.5 Å². The number of hydrogen-bond acceptors (Lipinski definition) is 4. The van der Waals surface area contributed by atoms with Crippen molar-refractivity contribution in [2.24, 2.45) is 0 Å². The van der Waals surface area contributed by atoms with Gasteiger partial charge in [-0.05, 0) is 50.0 Å². The van der Waals surface area contributed by atoms with Gasteiger partial charge < -0.3 is 5.32 Å². The average Bonchev–Trinajstić information content (AvgIpc) is 3.08. The molecule has 0 radical (unpaired) electrons. The minimum atomic E-state index is -3.50. The number of hydrogen-bond donors (Lipinski definition) is 1. The number of rotatable bonds is 9. The third kappa shape index (κ3) is 5.99. The van der Waals surface area contributed by atoms with E-state index >= 15 is 0 Å². The highest BCUT2D eigenvalue weighted by molar-refractivity contribution is 7.89. The zero-order chi connectivity index (χ0) is 23.1. The van der Waals surface area contributed by atoms with E-state index in [0.29, 0.717) is 18.2 Å². The first-order valence-electron chi connectivity index (χ1n) is 11.1. The second-order valence-corrected chi connectivity index (χ2v) is 10.3. The first kappa shape index (κ1) is 24.5. The van der Waals surface area contributed by atoms with Crippen molar-refractivity contribution >= 4 is 33.6 Å². The topological polar surface area (TPSA) is 84.3 Å². The quantitative estimate of drug-likeness (QED) is 0.549. The molecule has 9 heteroatoms. The van der Waals surface area contributed by atoms with E-state index in [4.69, 9.17) is 11.6 Å². The number of nitrogens with one attached hydrogen (secondary N) is 1. The van der Waals surface area contributed by atoms with E-state index in [9.17, 15) is 13.2 Å². The number of benzene rings is 1. The molecule has 1 saturated heterocycles. The highest BCUT2D eigenvalue weighted by atomic mass is 35.5. The summed E-state index contributed by atoms with van der Waals surface area (Å²) in [4.78, 5) is 12.6. The van der Waals surface area contributed by atoms with Crippen molar-refractivity contribution in [1.29, 1.82) is 0 Å². The number of carbonyl (C=O) groups excluding carboxylic acids is 1. The van der Waals surface area contributed by atoms with E-state index in [0.717, 1.165) is 55.5 Å². The van der Waals surface area contributed by atoms with Crippen molar-refractivity contribution in [3.05, 3.63) is 52.3 Å². The van der Waals surface area contributed by atoms with Gasteiger partial charge in [0.05, 0.1) is 10.6 Å². The van der Waals surface area contributed by atoms with Gasteiger partial charge in [-0.2, -0.15) is 9.40 Å². The fourth-order valence-corrected chi connectivity index (χ4v) is 5.60. The standard InChI is InChI=1S/C23H31ClN4O3S/c1-3-4-15-28-23(24)21(18(2)26-28)11-12-22(29)25-17-19-9-8-10-20(16-19)32(30,31)27-13-6-5-7-14-27/h8-12,16H,3-7,13-15,17H2,1-2H3,(H,25,29). The van der Waals surface area contributed by atoms with Crippen LogP contribution in [-0.4, -0.2) is 41.5 Å². The lowest BCUT2D eigenvalue weighted by molar-refractivity contribution is -0.116. The summed E-state index contributed by atoms with van der Waals surface area (Å²) in [5.41, 5.74) is 2.23. The molecule has 3 rings (SSSR count). The largest absolute Gasteiger partial charge is 0.348 e. The van der Waals surface area contributed by atoms with E-state index in [2.05, 4.69) is 17.3 Å². The molecule has 7 nitrogen and oxygen atoms in total. The van der Waals surface area contributed by atoms with Crippen LogP contribution in [0.25, 0.3) is 6.08 Å². The van der Waals surface area contributed by atoms with Gasteiger partial charge in [-0.25, -0.2) is 8.42 Å². The van der Waals surface area contributed by atoms with Crippen LogP contribution < -0.4 is 5.32 Å². The molecule has 1 aliphatic rings. The molecular formula is C23H31ClN4O3S. The molecule has 0 atom stereocenters. The molecule has 1 aliphatic heterocycles. The molecule has 0 aliphatic carbocycles. The summed E-state index contributed by atoms with van der Waals surface area (Å²) < 4.78 is 29.1. The van der Waals surface area contributed by atoms with Gasteiger partial charge in [0, 0.05) is 37.8 Å². The Hall–Kier alpha value is -2.16. The maximum Gasteiger partial charge on any atom is 0.244 e. The highest BCUT2D eigenvalue weighted by Gasteiger charge is 2.25. The van der Waals surface area contributed by atoms with Crippen LogP contribution in [0.5, 0.6) is 0 Å². The highest BCUT2D eigenvalue weighted by Crippen LogP contribution is 2.22. The van der Waals surface area contributed by atoms with Crippen molar-refractivity contribution in [2.75, 3.05) is 13.1 Å². The smallest absolute Gasteiger partial charge is 0.244 e. The Balaban J connectivity index is 1.62. The molecule has 174 valence electrons. The molecule has 0 spiro atoms. The number of sulfonamides is 1. The number of amides is 1. The fourth-order valence-electron chi connectivity index (χ4n) is 3.69. The number of halogens is 1. The Morgan fingerprint density at radius 1 is 1.25 bits per heavy atom. The van der Waals surface area contributed by atoms with Crippen LogP contribution >= 0.6 is 11.6 Å². The predicted molar refractivity (Wildman–Crippen MR) is 127 cm³/mol. The Kier molecular flexibility index (Phi) is 8.51. The van der Waals surface area contributed by atoms with Crippen LogP contribution in [0.1, 0.15) is 55.8 Å². The summed E-state index contributed by atoms with van der Waals surface area (Å²) >= 11 is 6.40. The normalized spacial score (nSPS) is 15.3. The van der Waals surface area contributed by atoms with Gasteiger partial charge in [-0.15, -0.1) is 0 Å². The van der Waals surface area contributed by atoms with Gasteiger partial charge in [0.25, 0.3) is 0 Å². The van der Waals surface area contributed by atoms with E-state index in [1.807, 2.05) is 6.92 Å². The molecule has 1 N–H and O–H groups in total. The molecule has 1 fully saturated rings. The third-order valence-corrected chi connectivity index (χ3v) is 7.85. The second-order valence-electron chi connectivity index (χ2n) is 8.03. The molecular weight excluding hydrogens is 448 g/mol. The Labute approximate surface area is 195 Å². The predicted octanol–water partition coefficient (Wildman–Crippen LogP) is 4.15. The number of unbranched alkanes of at least 4 members (excludes halogenated alkanes) is 1. The van der Waals surface area contributed by atoms with Gasteiger partial charge in [-0.3, -0.25) is 9.48 Å². The van der Waals surface area contributed by atoms with Gasteiger partial charge >= 0.3 is 0 Å². The zero-order valence-corrected chi connectivity index (χ0v) is 20.3. The van der Waals surface area contributed by atoms with Crippen LogP contribution in [0, 0.1) is 6.92 Å². The monoisotopic (exact) mass is 478 g/mol. The minimum Gasteiger partial charge on any atom is -0.348 e. The molecule has 32 heavy (non-hydrogen) atoms. The van der Waals surface area contributed by atoms with E-state index in [1.54, 1.807) is 39.3 Å². The molecule has 1 amide bonds. The third-order valence-electron chi connectivity index (χ3n) is 5.55. The van der Waals surface area contributed by atoms with Crippen LogP contribution in [0.15, 0.2) is 35.2 Å². The maximum atomic E-state index is 12.9. The Bertz CT molecular complexity index is 1070. The molecule has 2 aromatic rings. The molecule has 0 unspecified atom stereocenters. The number of piperidine rings is 1. The van der Waals surface area contributed by atoms with E-state index in [1.165, 1.54) is 6.08 Å². The van der Waals surface area contributed by atoms with Crippen molar-refractivity contribution in [3.8, 4) is 0 Å².